The molecule has 22 heavy (non-hydrogen) atoms. The molecule has 0 fully saturated rings. The minimum absolute atomic E-state index is 0.0155. The van der Waals surface area contributed by atoms with Gasteiger partial charge in [-0.3, -0.25) is 9.59 Å². The molecule has 0 aliphatic heterocycles. The number of carboxylic acids is 1. The lowest BCUT2D eigenvalue weighted by molar-refractivity contribution is -0.121. The van der Waals surface area contributed by atoms with E-state index in [4.69, 9.17) is 5.11 Å². The van der Waals surface area contributed by atoms with E-state index in [9.17, 15) is 14.4 Å². The maximum absolute atomic E-state index is 12.3. The average Bonchev–Trinajstić information content (AvgIpc) is 2.52. The summed E-state index contributed by atoms with van der Waals surface area (Å²) >= 11 is 0. The first-order chi connectivity index (χ1) is 10.5. The van der Waals surface area contributed by atoms with Crippen molar-refractivity contribution in [1.29, 1.82) is 0 Å². The van der Waals surface area contributed by atoms with Gasteiger partial charge in [0, 0.05) is 13.1 Å². The highest BCUT2D eigenvalue weighted by molar-refractivity contribution is 5.95. The van der Waals surface area contributed by atoms with E-state index in [-0.39, 0.29) is 23.8 Å². The molecule has 0 aromatic carbocycles. The topological polar surface area (TPSA) is 112 Å². The van der Waals surface area contributed by atoms with Crippen LogP contribution in [0.15, 0.2) is 12.4 Å². The van der Waals surface area contributed by atoms with Crippen molar-refractivity contribution in [2.75, 3.05) is 19.6 Å². The largest absolute Gasteiger partial charge is 0.476 e. The summed E-state index contributed by atoms with van der Waals surface area (Å²) in [6.45, 7) is 4.73. The summed E-state index contributed by atoms with van der Waals surface area (Å²) < 4.78 is 0. The molecule has 1 rings (SSSR count). The first kappa shape index (κ1) is 17.5. The number of hydrogen-bond donors (Lipinski definition) is 2. The van der Waals surface area contributed by atoms with Crippen LogP contribution in [0, 0.1) is 0 Å². The van der Waals surface area contributed by atoms with Gasteiger partial charge in [-0.1, -0.05) is 13.8 Å². The standard InChI is InChI=1S/C14H20N4O4/c1-3-5-15-12(19)9-18(6-4-2)13(20)10-7-17-11(8-16-10)14(21)22/h7-8H,3-6,9H2,1-2H3,(H,15,19)(H,21,22). The van der Waals surface area contributed by atoms with Crippen molar-refractivity contribution >= 4 is 17.8 Å². The second-order valence-electron chi connectivity index (χ2n) is 4.67. The maximum atomic E-state index is 12.3. The zero-order valence-electron chi connectivity index (χ0n) is 12.7. The summed E-state index contributed by atoms with van der Waals surface area (Å²) in [6, 6.07) is 0. The molecular weight excluding hydrogens is 288 g/mol. The molecule has 0 aliphatic rings. The number of aromatic nitrogens is 2. The van der Waals surface area contributed by atoms with Crippen molar-refractivity contribution in [1.82, 2.24) is 20.2 Å². The van der Waals surface area contributed by atoms with Crippen molar-refractivity contribution in [3.8, 4) is 0 Å². The maximum Gasteiger partial charge on any atom is 0.356 e. The number of carbonyl (C=O) groups excluding carboxylic acids is 2. The molecule has 1 aromatic heterocycles. The quantitative estimate of drug-likeness (QED) is 0.725. The molecule has 0 aliphatic carbocycles. The number of hydrogen-bond acceptors (Lipinski definition) is 5. The Morgan fingerprint density at radius 2 is 1.77 bits per heavy atom. The Hall–Kier alpha value is -2.51. The molecule has 0 saturated carbocycles. The van der Waals surface area contributed by atoms with Gasteiger partial charge >= 0.3 is 5.97 Å². The SMILES string of the molecule is CCCNC(=O)CN(CCC)C(=O)c1cnc(C(=O)O)cn1. The van der Waals surface area contributed by atoms with E-state index >= 15 is 0 Å². The molecule has 1 aromatic rings. The normalized spacial score (nSPS) is 10.1. The first-order valence-electron chi connectivity index (χ1n) is 7.10. The van der Waals surface area contributed by atoms with Crippen molar-refractivity contribution < 1.29 is 19.5 Å². The Bertz CT molecular complexity index is 530. The molecule has 2 N–H and O–H groups in total. The summed E-state index contributed by atoms with van der Waals surface area (Å²) in [6.07, 6.45) is 3.64. The fraction of sp³-hybridized carbons (Fsp3) is 0.500. The van der Waals surface area contributed by atoms with Gasteiger partial charge in [-0.05, 0) is 12.8 Å². The minimum Gasteiger partial charge on any atom is -0.476 e. The highest BCUT2D eigenvalue weighted by atomic mass is 16.4. The molecule has 0 spiro atoms. The van der Waals surface area contributed by atoms with Gasteiger partial charge in [0.05, 0.1) is 18.9 Å². The third-order valence-electron chi connectivity index (χ3n) is 2.78. The van der Waals surface area contributed by atoms with Crippen molar-refractivity contribution in [3.63, 3.8) is 0 Å². The van der Waals surface area contributed by atoms with Crippen LogP contribution in [0.3, 0.4) is 0 Å². The van der Waals surface area contributed by atoms with Crippen molar-refractivity contribution in [3.05, 3.63) is 23.8 Å². The minimum atomic E-state index is -1.21. The van der Waals surface area contributed by atoms with Crippen LogP contribution in [0.1, 0.15) is 47.7 Å². The fourth-order valence-electron chi connectivity index (χ4n) is 1.73. The third-order valence-corrected chi connectivity index (χ3v) is 2.78. The Balaban J connectivity index is 2.79. The van der Waals surface area contributed by atoms with E-state index in [1.54, 1.807) is 0 Å². The van der Waals surface area contributed by atoms with Crippen LogP contribution in [0.2, 0.25) is 0 Å². The molecule has 0 bridgehead atoms. The number of carbonyl (C=O) groups is 3. The number of amides is 2. The molecule has 1 heterocycles. The van der Waals surface area contributed by atoms with Gasteiger partial charge in [0.25, 0.3) is 5.91 Å². The summed E-state index contributed by atoms with van der Waals surface area (Å²) in [5, 5.41) is 11.5. The molecular formula is C14H20N4O4. The second-order valence-corrected chi connectivity index (χ2v) is 4.67. The number of nitrogens with zero attached hydrogens (tertiary/aromatic N) is 3. The molecule has 0 atom stereocenters. The first-order valence-corrected chi connectivity index (χ1v) is 7.10. The van der Waals surface area contributed by atoms with E-state index in [0.29, 0.717) is 19.5 Å². The van der Waals surface area contributed by atoms with Gasteiger partial charge in [0.1, 0.15) is 5.69 Å². The molecule has 0 saturated heterocycles. The number of rotatable bonds is 8. The monoisotopic (exact) mass is 308 g/mol. The Morgan fingerprint density at radius 3 is 2.27 bits per heavy atom. The lowest BCUT2D eigenvalue weighted by Crippen LogP contribution is -2.41. The number of nitrogens with one attached hydrogen (secondary N) is 1. The lowest BCUT2D eigenvalue weighted by atomic mass is 10.3. The summed E-state index contributed by atoms with van der Waals surface area (Å²) in [4.78, 5) is 43.6. The fourth-order valence-corrected chi connectivity index (χ4v) is 1.73. The zero-order chi connectivity index (χ0) is 16.5. The number of aromatic carboxylic acids is 1. The van der Waals surface area contributed by atoms with Crippen molar-refractivity contribution in [2.24, 2.45) is 0 Å². The Kier molecular flexibility index (Phi) is 6.94. The van der Waals surface area contributed by atoms with Crippen molar-refractivity contribution in [2.45, 2.75) is 26.7 Å². The molecule has 0 radical (unpaired) electrons. The van der Waals surface area contributed by atoms with E-state index < -0.39 is 11.9 Å². The van der Waals surface area contributed by atoms with Gasteiger partial charge in [-0.15, -0.1) is 0 Å². The van der Waals surface area contributed by atoms with Crippen LogP contribution in [0.5, 0.6) is 0 Å². The van der Waals surface area contributed by atoms with E-state index in [1.807, 2.05) is 13.8 Å². The smallest absolute Gasteiger partial charge is 0.356 e. The zero-order valence-corrected chi connectivity index (χ0v) is 12.7. The predicted octanol–water partition coefficient (Wildman–Crippen LogP) is 0.553. The van der Waals surface area contributed by atoms with Crippen LogP contribution in [0.25, 0.3) is 0 Å². The number of carboxylic acid groups (broad SMARTS) is 1. The summed E-state index contributed by atoms with van der Waals surface area (Å²) in [5.41, 5.74) is -0.221. The molecule has 120 valence electrons. The van der Waals surface area contributed by atoms with Gasteiger partial charge in [0.15, 0.2) is 5.69 Å². The van der Waals surface area contributed by atoms with Crippen LogP contribution in [-0.4, -0.2) is 57.4 Å². The Morgan fingerprint density at radius 1 is 1.14 bits per heavy atom. The van der Waals surface area contributed by atoms with Crippen LogP contribution in [0.4, 0.5) is 0 Å². The molecule has 2 amide bonds. The molecule has 0 unspecified atom stereocenters. The Labute approximate surface area is 128 Å². The van der Waals surface area contributed by atoms with Crippen LogP contribution in [-0.2, 0) is 4.79 Å². The lowest BCUT2D eigenvalue weighted by Gasteiger charge is -2.21. The van der Waals surface area contributed by atoms with Crippen LogP contribution < -0.4 is 5.32 Å². The van der Waals surface area contributed by atoms with Gasteiger partial charge < -0.3 is 15.3 Å². The highest BCUT2D eigenvalue weighted by Gasteiger charge is 2.20. The van der Waals surface area contributed by atoms with E-state index in [0.717, 1.165) is 18.8 Å². The molecule has 8 nitrogen and oxygen atoms in total. The van der Waals surface area contributed by atoms with Gasteiger partial charge in [-0.2, -0.15) is 0 Å². The summed E-state index contributed by atoms with van der Waals surface area (Å²) in [5.74, 6) is -1.90. The average molecular weight is 308 g/mol. The van der Waals surface area contributed by atoms with Gasteiger partial charge in [0.2, 0.25) is 5.91 Å². The predicted molar refractivity (Wildman–Crippen MR) is 78.5 cm³/mol. The summed E-state index contributed by atoms with van der Waals surface area (Å²) in [7, 11) is 0. The highest BCUT2D eigenvalue weighted by Crippen LogP contribution is 2.03. The van der Waals surface area contributed by atoms with Crippen LogP contribution >= 0.6 is 0 Å². The third kappa shape index (κ3) is 5.12. The second kappa shape index (κ2) is 8.71. The molecule has 8 heteroatoms. The van der Waals surface area contributed by atoms with E-state index in [1.165, 1.54) is 4.90 Å². The van der Waals surface area contributed by atoms with E-state index in [2.05, 4.69) is 15.3 Å². The van der Waals surface area contributed by atoms with Gasteiger partial charge in [-0.25, -0.2) is 14.8 Å².